The van der Waals surface area contributed by atoms with Crippen molar-refractivity contribution in [2.45, 2.75) is 22.7 Å². The van der Waals surface area contributed by atoms with E-state index >= 15 is 0 Å². The highest BCUT2D eigenvalue weighted by molar-refractivity contribution is 8.06. The Kier molecular flexibility index (Phi) is 6.12. The number of β-lactam (4-membered cyclic amide) rings is 1. The molecular formula is C23H19N5O4S2. The molecule has 2 atom stereocenters. The van der Waals surface area contributed by atoms with E-state index in [4.69, 9.17) is 0 Å². The number of aliphatic carboxylic acids is 1. The van der Waals surface area contributed by atoms with Crippen molar-refractivity contribution in [3.63, 3.8) is 0 Å². The number of hydrogen-bond acceptors (Lipinski definition) is 7. The fraction of sp³-hybridized carbons (Fsp3) is 0.174. The second-order valence-electron chi connectivity index (χ2n) is 7.57. The predicted octanol–water partition coefficient (Wildman–Crippen LogP) is 2.30. The SMILES string of the molecule is O=C(Cc1ccccc1)N[C@@H]1C(=O)N2C(C(=O)O)=C(Sc3cccnc3-n3cccn3)CS[C@@H]12. The zero-order valence-electron chi connectivity index (χ0n) is 17.7. The molecule has 1 saturated heterocycles. The topological polar surface area (TPSA) is 117 Å². The van der Waals surface area contributed by atoms with Crippen molar-refractivity contribution in [3.05, 3.63) is 83.3 Å². The lowest BCUT2D eigenvalue weighted by molar-refractivity contribution is -0.150. The molecular weight excluding hydrogens is 474 g/mol. The molecule has 34 heavy (non-hydrogen) atoms. The van der Waals surface area contributed by atoms with Crippen LogP contribution in [0.2, 0.25) is 0 Å². The summed E-state index contributed by atoms with van der Waals surface area (Å²) >= 11 is 2.69. The highest BCUT2D eigenvalue weighted by Gasteiger charge is 2.54. The average molecular weight is 494 g/mol. The molecule has 0 saturated carbocycles. The van der Waals surface area contributed by atoms with Crippen LogP contribution in [-0.2, 0) is 20.8 Å². The van der Waals surface area contributed by atoms with Crippen LogP contribution in [0.3, 0.4) is 0 Å². The van der Waals surface area contributed by atoms with Gasteiger partial charge in [-0.25, -0.2) is 14.5 Å². The number of carbonyl (C=O) groups is 3. The second-order valence-corrected chi connectivity index (χ2v) is 9.81. The van der Waals surface area contributed by atoms with Crippen LogP contribution >= 0.6 is 23.5 Å². The Morgan fingerprint density at radius 1 is 1.15 bits per heavy atom. The summed E-state index contributed by atoms with van der Waals surface area (Å²) in [5.41, 5.74) is 0.789. The smallest absolute Gasteiger partial charge is 0.353 e. The van der Waals surface area contributed by atoms with E-state index in [9.17, 15) is 19.5 Å². The number of amides is 2. The van der Waals surface area contributed by atoms with Gasteiger partial charge in [-0.15, -0.1) is 11.8 Å². The van der Waals surface area contributed by atoms with Crippen molar-refractivity contribution < 1.29 is 19.5 Å². The number of carboxylic acids is 1. The van der Waals surface area contributed by atoms with Crippen molar-refractivity contribution in [2.24, 2.45) is 0 Å². The first-order chi connectivity index (χ1) is 16.5. The molecule has 11 heteroatoms. The molecule has 0 radical (unpaired) electrons. The first kappa shape index (κ1) is 22.2. The number of carboxylic acid groups (broad SMARTS) is 1. The standard InChI is InChI=1S/C23H19N5O4S2/c29-17(12-14-6-2-1-3-7-14)26-18-21(30)28-19(23(31)32)16(13-33-22(18)28)34-15-8-4-9-24-20(15)27-11-5-10-25-27/h1-11,18,22H,12-13H2,(H,26,29)(H,31,32)/t18-,22+/m1/s1. The molecule has 2 N–H and O–H groups in total. The number of nitrogens with one attached hydrogen (secondary N) is 1. The van der Waals surface area contributed by atoms with Crippen molar-refractivity contribution >= 4 is 41.3 Å². The first-order valence-electron chi connectivity index (χ1n) is 10.4. The van der Waals surface area contributed by atoms with Gasteiger partial charge in [-0.3, -0.25) is 14.5 Å². The van der Waals surface area contributed by atoms with Gasteiger partial charge in [0.25, 0.3) is 5.91 Å². The lowest BCUT2D eigenvalue weighted by Crippen LogP contribution is -2.70. The van der Waals surface area contributed by atoms with Gasteiger partial charge in [-0.1, -0.05) is 42.1 Å². The molecule has 2 amide bonds. The minimum Gasteiger partial charge on any atom is -0.477 e. The van der Waals surface area contributed by atoms with E-state index < -0.39 is 23.3 Å². The predicted molar refractivity (Wildman–Crippen MR) is 127 cm³/mol. The molecule has 0 unspecified atom stereocenters. The summed E-state index contributed by atoms with van der Waals surface area (Å²) in [7, 11) is 0. The van der Waals surface area contributed by atoms with Gasteiger partial charge in [0.05, 0.1) is 11.3 Å². The van der Waals surface area contributed by atoms with Crippen molar-refractivity contribution in [2.75, 3.05) is 5.75 Å². The van der Waals surface area contributed by atoms with Gasteiger partial charge in [0.15, 0.2) is 5.82 Å². The third-order valence-corrected chi connectivity index (χ3v) is 7.95. The average Bonchev–Trinajstić information content (AvgIpc) is 3.38. The molecule has 2 aliphatic heterocycles. The molecule has 2 aromatic heterocycles. The number of nitrogens with zero attached hydrogens (tertiary/aromatic N) is 4. The van der Waals surface area contributed by atoms with E-state index in [1.807, 2.05) is 36.4 Å². The Morgan fingerprint density at radius 3 is 2.71 bits per heavy atom. The highest BCUT2D eigenvalue weighted by Crippen LogP contribution is 2.45. The quantitative estimate of drug-likeness (QED) is 0.482. The van der Waals surface area contributed by atoms with E-state index in [1.165, 1.54) is 28.4 Å². The Balaban J connectivity index is 1.35. The fourth-order valence-corrected chi connectivity index (χ4v) is 6.40. The molecule has 0 aliphatic carbocycles. The summed E-state index contributed by atoms with van der Waals surface area (Å²) in [4.78, 5) is 44.5. The van der Waals surface area contributed by atoms with Gasteiger partial charge in [0.1, 0.15) is 17.1 Å². The van der Waals surface area contributed by atoms with Gasteiger partial charge in [0.2, 0.25) is 5.91 Å². The Morgan fingerprint density at radius 2 is 1.97 bits per heavy atom. The Labute approximate surface area is 203 Å². The molecule has 172 valence electrons. The van der Waals surface area contributed by atoms with Gasteiger partial charge < -0.3 is 10.4 Å². The van der Waals surface area contributed by atoms with E-state index in [0.29, 0.717) is 16.5 Å². The van der Waals surface area contributed by atoms with Crippen molar-refractivity contribution in [1.29, 1.82) is 0 Å². The fourth-order valence-electron chi connectivity index (χ4n) is 3.84. The molecule has 0 bridgehead atoms. The lowest BCUT2D eigenvalue weighted by Gasteiger charge is -2.49. The summed E-state index contributed by atoms with van der Waals surface area (Å²) < 4.78 is 1.61. The number of pyridine rings is 1. The van der Waals surface area contributed by atoms with E-state index in [-0.39, 0.29) is 18.0 Å². The maximum absolute atomic E-state index is 12.9. The van der Waals surface area contributed by atoms with Crippen molar-refractivity contribution in [1.82, 2.24) is 25.0 Å². The van der Waals surface area contributed by atoms with E-state index in [2.05, 4.69) is 15.4 Å². The number of hydrogen-bond donors (Lipinski definition) is 2. The van der Waals surface area contributed by atoms with Crippen LogP contribution in [0.4, 0.5) is 0 Å². The van der Waals surface area contributed by atoms with Crippen LogP contribution in [0.5, 0.6) is 0 Å². The number of fused-ring (bicyclic) bond motifs is 1. The van der Waals surface area contributed by atoms with Crippen LogP contribution in [0, 0.1) is 0 Å². The molecule has 1 fully saturated rings. The summed E-state index contributed by atoms with van der Waals surface area (Å²) in [6.45, 7) is 0. The minimum atomic E-state index is -1.18. The summed E-state index contributed by atoms with van der Waals surface area (Å²) in [5.74, 6) is -0.917. The second kappa shape index (κ2) is 9.35. The number of rotatable bonds is 7. The minimum absolute atomic E-state index is 0.0532. The molecule has 3 aromatic rings. The first-order valence-corrected chi connectivity index (χ1v) is 12.3. The third-order valence-electron chi connectivity index (χ3n) is 5.37. The molecule has 2 aliphatic rings. The lowest BCUT2D eigenvalue weighted by atomic mass is 10.0. The zero-order chi connectivity index (χ0) is 23.7. The highest BCUT2D eigenvalue weighted by atomic mass is 32.2. The van der Waals surface area contributed by atoms with Gasteiger partial charge in [-0.05, 0) is 23.8 Å². The van der Waals surface area contributed by atoms with Crippen LogP contribution < -0.4 is 5.32 Å². The number of benzene rings is 1. The molecule has 1 aromatic carbocycles. The van der Waals surface area contributed by atoms with E-state index in [0.717, 1.165) is 10.5 Å². The van der Waals surface area contributed by atoms with Gasteiger partial charge in [-0.2, -0.15) is 5.10 Å². The number of carbonyl (C=O) groups excluding carboxylic acids is 2. The molecule has 5 rings (SSSR count). The molecule has 4 heterocycles. The monoisotopic (exact) mass is 493 g/mol. The normalized spacial score (nSPS) is 19.4. The van der Waals surface area contributed by atoms with E-state index in [1.54, 1.807) is 35.4 Å². The van der Waals surface area contributed by atoms with Gasteiger partial charge >= 0.3 is 5.97 Å². The largest absolute Gasteiger partial charge is 0.477 e. The summed E-state index contributed by atoms with van der Waals surface area (Å²) in [5, 5.41) is 16.5. The Bertz CT molecular complexity index is 1280. The van der Waals surface area contributed by atoms with Crippen molar-refractivity contribution in [3.8, 4) is 5.82 Å². The number of aromatic nitrogens is 3. The molecule has 0 spiro atoms. The maximum Gasteiger partial charge on any atom is 0.353 e. The van der Waals surface area contributed by atoms with Gasteiger partial charge in [0, 0.05) is 29.2 Å². The zero-order valence-corrected chi connectivity index (χ0v) is 19.3. The molecule has 9 nitrogen and oxygen atoms in total. The summed E-state index contributed by atoms with van der Waals surface area (Å²) in [6.07, 6.45) is 5.19. The maximum atomic E-state index is 12.9. The van der Waals surface area contributed by atoms with Crippen LogP contribution in [0.15, 0.2) is 82.6 Å². The van der Waals surface area contributed by atoms with Crippen LogP contribution in [0.1, 0.15) is 5.56 Å². The van der Waals surface area contributed by atoms with Crippen LogP contribution in [0.25, 0.3) is 5.82 Å². The van der Waals surface area contributed by atoms with Crippen LogP contribution in [-0.4, -0.2) is 59.7 Å². The number of thioether (sulfide) groups is 2. The third kappa shape index (κ3) is 4.19. The Hall–Kier alpha value is -3.57. The summed E-state index contributed by atoms with van der Waals surface area (Å²) in [6, 6.07) is 13.9.